The van der Waals surface area contributed by atoms with Crippen molar-refractivity contribution < 1.29 is 27.5 Å². The van der Waals surface area contributed by atoms with E-state index in [1.165, 1.54) is 12.1 Å². The molecule has 0 atom stereocenters. The number of halogens is 3. The summed E-state index contributed by atoms with van der Waals surface area (Å²) in [7, 11) is 0.905. The Morgan fingerprint density at radius 1 is 1.27 bits per heavy atom. The molecule has 0 fully saturated rings. The summed E-state index contributed by atoms with van der Waals surface area (Å²) >= 11 is 0. The second kappa shape index (κ2) is 7.42. The fraction of sp³-hybridized carbons (Fsp3) is 0.333. The quantitative estimate of drug-likeness (QED) is 0.801. The molecule has 2 rings (SSSR count). The molecule has 0 saturated carbocycles. The lowest BCUT2D eigenvalue weighted by atomic mass is 10.2. The third kappa shape index (κ3) is 4.10. The minimum Gasteiger partial charge on any atom is -0.462 e. The Hall–Kier alpha value is -3.11. The average molecular weight is 372 g/mol. The number of hydrogen-bond acceptors (Lipinski definition) is 5. The lowest BCUT2D eigenvalue weighted by Gasteiger charge is -2.10. The predicted octanol–water partition coefficient (Wildman–Crippen LogP) is 1.42. The van der Waals surface area contributed by atoms with E-state index in [2.05, 4.69) is 10.4 Å². The molecule has 0 aliphatic carbocycles. The average Bonchev–Trinajstić information content (AvgIpc) is 2.84. The first kappa shape index (κ1) is 19.2. The van der Waals surface area contributed by atoms with Crippen LogP contribution in [-0.2, 0) is 29.3 Å². The standard InChI is InChI=1S/C15H15F3N4O4/c1-3-26-12(24)9-6-4-5-7-10(9)19-11(23)8-22-14(25)21(2)13(20-22)15(16,17)18/h4-7H,3,8H2,1-2H3,(H,19,23). The van der Waals surface area contributed by atoms with Crippen LogP contribution in [0.5, 0.6) is 0 Å². The normalized spacial score (nSPS) is 11.3. The lowest BCUT2D eigenvalue weighted by molar-refractivity contribution is -0.147. The van der Waals surface area contributed by atoms with E-state index < -0.39 is 36.1 Å². The zero-order chi connectivity index (χ0) is 19.5. The number of alkyl halides is 3. The summed E-state index contributed by atoms with van der Waals surface area (Å²) in [6.45, 7) is 0.995. The molecule has 1 aromatic carbocycles. The predicted molar refractivity (Wildman–Crippen MR) is 83.5 cm³/mol. The summed E-state index contributed by atoms with van der Waals surface area (Å²) in [5.74, 6) is -2.91. The molecular formula is C15H15F3N4O4. The fourth-order valence-electron chi connectivity index (χ4n) is 2.14. The Labute approximate surface area is 145 Å². The Morgan fingerprint density at radius 3 is 2.50 bits per heavy atom. The summed E-state index contributed by atoms with van der Waals surface area (Å²) < 4.78 is 43.8. The highest BCUT2D eigenvalue weighted by molar-refractivity contribution is 6.01. The molecule has 8 nitrogen and oxygen atoms in total. The molecule has 26 heavy (non-hydrogen) atoms. The highest BCUT2D eigenvalue weighted by Crippen LogP contribution is 2.26. The van der Waals surface area contributed by atoms with Gasteiger partial charge in [0.2, 0.25) is 11.7 Å². The number of carbonyl (C=O) groups excluding carboxylic acids is 2. The highest BCUT2D eigenvalue weighted by atomic mass is 19.4. The van der Waals surface area contributed by atoms with Gasteiger partial charge in [0.1, 0.15) is 6.54 Å². The van der Waals surface area contributed by atoms with Crippen LogP contribution in [0.15, 0.2) is 29.1 Å². The molecule has 0 saturated heterocycles. The lowest BCUT2D eigenvalue weighted by Crippen LogP contribution is -2.29. The van der Waals surface area contributed by atoms with E-state index in [-0.39, 0.29) is 17.9 Å². The number of nitrogens with one attached hydrogen (secondary N) is 1. The van der Waals surface area contributed by atoms with E-state index in [1.54, 1.807) is 19.1 Å². The van der Waals surface area contributed by atoms with Crippen LogP contribution in [0, 0.1) is 0 Å². The van der Waals surface area contributed by atoms with Gasteiger partial charge in [0.05, 0.1) is 17.9 Å². The molecule has 1 aromatic heterocycles. The van der Waals surface area contributed by atoms with Gasteiger partial charge in [-0.2, -0.15) is 13.2 Å². The van der Waals surface area contributed by atoms with Crippen LogP contribution < -0.4 is 11.0 Å². The van der Waals surface area contributed by atoms with Crippen LogP contribution in [0.2, 0.25) is 0 Å². The summed E-state index contributed by atoms with van der Waals surface area (Å²) in [4.78, 5) is 35.7. The third-order valence-electron chi connectivity index (χ3n) is 3.28. The van der Waals surface area contributed by atoms with Gasteiger partial charge in [-0.1, -0.05) is 12.1 Å². The zero-order valence-corrected chi connectivity index (χ0v) is 13.8. The Morgan fingerprint density at radius 2 is 1.92 bits per heavy atom. The van der Waals surface area contributed by atoms with Crippen molar-refractivity contribution in [3.63, 3.8) is 0 Å². The summed E-state index contributed by atoms with van der Waals surface area (Å²) in [5, 5.41) is 5.50. The number of nitrogens with zero attached hydrogens (tertiary/aromatic N) is 3. The largest absolute Gasteiger partial charge is 0.462 e. The third-order valence-corrected chi connectivity index (χ3v) is 3.28. The molecular weight excluding hydrogens is 357 g/mol. The number of esters is 1. The first-order chi connectivity index (χ1) is 12.1. The number of amides is 1. The van der Waals surface area contributed by atoms with Crippen LogP contribution in [0.3, 0.4) is 0 Å². The van der Waals surface area contributed by atoms with E-state index in [0.717, 1.165) is 7.05 Å². The van der Waals surface area contributed by atoms with Gasteiger partial charge >= 0.3 is 17.8 Å². The van der Waals surface area contributed by atoms with E-state index >= 15 is 0 Å². The number of para-hydroxylation sites is 1. The van der Waals surface area contributed by atoms with Gasteiger partial charge in [-0.05, 0) is 19.1 Å². The molecule has 0 unspecified atom stereocenters. The molecule has 11 heteroatoms. The van der Waals surface area contributed by atoms with E-state index in [4.69, 9.17) is 4.74 Å². The SMILES string of the molecule is CCOC(=O)c1ccccc1NC(=O)Cn1nc(C(F)(F)F)n(C)c1=O. The number of anilines is 1. The van der Waals surface area contributed by atoms with Gasteiger partial charge in [-0.25, -0.2) is 14.3 Å². The van der Waals surface area contributed by atoms with Crippen LogP contribution in [0.4, 0.5) is 18.9 Å². The smallest absolute Gasteiger partial charge is 0.451 e. The molecule has 0 radical (unpaired) electrons. The van der Waals surface area contributed by atoms with E-state index in [9.17, 15) is 27.6 Å². The molecule has 0 aliphatic heterocycles. The number of benzene rings is 1. The van der Waals surface area contributed by atoms with Crippen LogP contribution in [0.25, 0.3) is 0 Å². The van der Waals surface area contributed by atoms with Crippen molar-refractivity contribution in [2.75, 3.05) is 11.9 Å². The molecule has 1 amide bonds. The van der Waals surface area contributed by atoms with Crippen molar-refractivity contribution >= 4 is 17.6 Å². The number of hydrogen-bond donors (Lipinski definition) is 1. The van der Waals surface area contributed by atoms with Crippen LogP contribution in [-0.4, -0.2) is 32.8 Å². The van der Waals surface area contributed by atoms with Gasteiger partial charge in [-0.3, -0.25) is 9.36 Å². The molecule has 2 aromatic rings. The topological polar surface area (TPSA) is 95.2 Å². The first-order valence-electron chi connectivity index (χ1n) is 7.42. The van der Waals surface area contributed by atoms with E-state index in [0.29, 0.717) is 9.25 Å². The fourth-order valence-corrected chi connectivity index (χ4v) is 2.14. The minimum absolute atomic E-state index is 0.0760. The van der Waals surface area contributed by atoms with Crippen molar-refractivity contribution in [1.82, 2.24) is 14.3 Å². The van der Waals surface area contributed by atoms with Gasteiger partial charge in [0.25, 0.3) is 0 Å². The summed E-state index contributed by atoms with van der Waals surface area (Å²) in [6, 6.07) is 5.95. The zero-order valence-electron chi connectivity index (χ0n) is 13.8. The van der Waals surface area contributed by atoms with Gasteiger partial charge < -0.3 is 10.1 Å². The van der Waals surface area contributed by atoms with Crippen molar-refractivity contribution in [2.45, 2.75) is 19.6 Å². The summed E-state index contributed by atoms with van der Waals surface area (Å²) in [6.07, 6.45) is -4.83. The number of rotatable bonds is 5. The highest BCUT2D eigenvalue weighted by Gasteiger charge is 2.38. The molecule has 1 N–H and O–H groups in total. The maximum atomic E-state index is 12.8. The van der Waals surface area contributed by atoms with Crippen molar-refractivity contribution in [1.29, 1.82) is 0 Å². The van der Waals surface area contributed by atoms with Crippen LogP contribution in [0.1, 0.15) is 23.1 Å². The minimum atomic E-state index is -4.83. The second-order valence-electron chi connectivity index (χ2n) is 5.13. The molecule has 140 valence electrons. The molecule has 1 heterocycles. The first-order valence-corrected chi connectivity index (χ1v) is 7.42. The van der Waals surface area contributed by atoms with Gasteiger partial charge in [-0.15, -0.1) is 5.10 Å². The maximum absolute atomic E-state index is 12.8. The van der Waals surface area contributed by atoms with Crippen molar-refractivity contribution in [2.24, 2.45) is 7.05 Å². The van der Waals surface area contributed by atoms with Crippen molar-refractivity contribution in [3.8, 4) is 0 Å². The number of ether oxygens (including phenoxy) is 1. The molecule has 0 bridgehead atoms. The van der Waals surface area contributed by atoms with Crippen LogP contribution >= 0.6 is 0 Å². The van der Waals surface area contributed by atoms with E-state index in [1.807, 2.05) is 0 Å². The monoisotopic (exact) mass is 372 g/mol. The number of carbonyl (C=O) groups is 2. The number of aromatic nitrogens is 3. The maximum Gasteiger partial charge on any atom is 0.451 e. The van der Waals surface area contributed by atoms with Gasteiger partial charge in [0.15, 0.2) is 0 Å². The molecule has 0 spiro atoms. The summed E-state index contributed by atoms with van der Waals surface area (Å²) in [5.41, 5.74) is -0.908. The van der Waals surface area contributed by atoms with Gasteiger partial charge in [0, 0.05) is 7.05 Å². The Balaban J connectivity index is 2.21. The Kier molecular flexibility index (Phi) is 5.48. The molecule has 0 aliphatic rings. The second-order valence-corrected chi connectivity index (χ2v) is 5.13. The Bertz CT molecular complexity index is 886. The van der Waals surface area contributed by atoms with Crippen molar-refractivity contribution in [3.05, 3.63) is 46.1 Å².